The van der Waals surface area contributed by atoms with E-state index in [1.807, 2.05) is 0 Å². The molecule has 1 aromatic rings. The van der Waals surface area contributed by atoms with Gasteiger partial charge in [-0.3, -0.25) is 0 Å². The molecule has 0 aliphatic carbocycles. The molecule has 118 valence electrons. The predicted molar refractivity (Wildman–Crippen MR) is 95.1 cm³/mol. The Morgan fingerprint density at radius 1 is 1.29 bits per heavy atom. The van der Waals surface area contributed by atoms with Gasteiger partial charge in [0.2, 0.25) is 0 Å². The number of nitrogens with one attached hydrogen (secondary N) is 1. The maximum absolute atomic E-state index is 3.62. The van der Waals surface area contributed by atoms with Crippen molar-refractivity contribution in [3.63, 3.8) is 0 Å². The van der Waals surface area contributed by atoms with Crippen molar-refractivity contribution in [2.24, 2.45) is 0 Å². The molecule has 1 fully saturated rings. The molecule has 0 radical (unpaired) electrons. The van der Waals surface area contributed by atoms with E-state index in [1.165, 1.54) is 35.0 Å². The summed E-state index contributed by atoms with van der Waals surface area (Å²) in [5.41, 5.74) is 2.81. The van der Waals surface area contributed by atoms with Crippen molar-refractivity contribution >= 4 is 21.6 Å². The summed E-state index contributed by atoms with van der Waals surface area (Å²) in [6.07, 6.45) is 3.68. The lowest BCUT2D eigenvalue weighted by atomic mass is 10.0. The molecule has 0 amide bonds. The standard InChI is InChI=1S/C17H28BrN3/c1-4-9-19-13-14-5-6-15(18)12-17(14)21-10-7-16(8-11-21)20(2)3/h5-6,12,16,19H,4,7-11,13H2,1-3H3. The van der Waals surface area contributed by atoms with Crippen LogP contribution in [0.1, 0.15) is 31.7 Å². The van der Waals surface area contributed by atoms with Gasteiger partial charge < -0.3 is 15.1 Å². The summed E-state index contributed by atoms with van der Waals surface area (Å²) in [6.45, 7) is 6.56. The second kappa shape index (κ2) is 8.16. The number of anilines is 1. The topological polar surface area (TPSA) is 18.5 Å². The van der Waals surface area contributed by atoms with Crippen molar-refractivity contribution in [1.29, 1.82) is 0 Å². The summed E-state index contributed by atoms with van der Waals surface area (Å²) in [4.78, 5) is 4.91. The van der Waals surface area contributed by atoms with Gasteiger partial charge >= 0.3 is 0 Å². The first kappa shape index (κ1) is 16.8. The Kier molecular flexibility index (Phi) is 6.52. The zero-order valence-electron chi connectivity index (χ0n) is 13.5. The summed E-state index contributed by atoms with van der Waals surface area (Å²) < 4.78 is 1.17. The van der Waals surface area contributed by atoms with Crippen molar-refractivity contribution < 1.29 is 0 Å². The Balaban J connectivity index is 2.06. The highest BCUT2D eigenvalue weighted by Gasteiger charge is 2.22. The van der Waals surface area contributed by atoms with Crippen LogP contribution in [-0.4, -0.2) is 44.7 Å². The van der Waals surface area contributed by atoms with Crippen molar-refractivity contribution in [2.45, 2.75) is 38.8 Å². The van der Waals surface area contributed by atoms with Gasteiger partial charge in [-0.2, -0.15) is 0 Å². The van der Waals surface area contributed by atoms with Crippen molar-refractivity contribution in [3.05, 3.63) is 28.2 Å². The van der Waals surface area contributed by atoms with Gasteiger partial charge in [0, 0.05) is 35.8 Å². The fourth-order valence-corrected chi connectivity index (χ4v) is 3.35. The third kappa shape index (κ3) is 4.70. The second-order valence-electron chi connectivity index (χ2n) is 6.13. The van der Waals surface area contributed by atoms with Gasteiger partial charge in [-0.05, 0) is 57.6 Å². The molecule has 3 nitrogen and oxygen atoms in total. The van der Waals surface area contributed by atoms with Crippen LogP contribution in [0.2, 0.25) is 0 Å². The number of benzene rings is 1. The third-order valence-electron chi connectivity index (χ3n) is 4.33. The first-order valence-corrected chi connectivity index (χ1v) is 8.81. The molecule has 0 unspecified atom stereocenters. The quantitative estimate of drug-likeness (QED) is 0.789. The van der Waals surface area contributed by atoms with Crippen LogP contribution in [0.5, 0.6) is 0 Å². The largest absolute Gasteiger partial charge is 0.371 e. The minimum atomic E-state index is 0.732. The van der Waals surface area contributed by atoms with E-state index in [4.69, 9.17) is 0 Å². The van der Waals surface area contributed by atoms with E-state index in [0.29, 0.717) is 0 Å². The maximum atomic E-state index is 3.62. The summed E-state index contributed by atoms with van der Waals surface area (Å²) in [5.74, 6) is 0. The Bertz CT molecular complexity index is 440. The first-order chi connectivity index (χ1) is 10.1. The summed E-state index contributed by atoms with van der Waals surface area (Å²) in [5, 5.41) is 3.53. The highest BCUT2D eigenvalue weighted by molar-refractivity contribution is 9.10. The zero-order valence-corrected chi connectivity index (χ0v) is 15.1. The lowest BCUT2D eigenvalue weighted by Gasteiger charge is -2.37. The van der Waals surface area contributed by atoms with Crippen molar-refractivity contribution in [2.75, 3.05) is 38.6 Å². The monoisotopic (exact) mass is 353 g/mol. The molecular weight excluding hydrogens is 326 g/mol. The van der Waals surface area contributed by atoms with Gasteiger partial charge in [-0.15, -0.1) is 0 Å². The SMILES string of the molecule is CCCNCc1ccc(Br)cc1N1CCC(N(C)C)CC1. The highest BCUT2D eigenvalue weighted by atomic mass is 79.9. The van der Waals surface area contributed by atoms with Gasteiger partial charge in [-0.1, -0.05) is 28.9 Å². The molecule has 0 saturated carbocycles. The summed E-state index contributed by atoms with van der Waals surface area (Å²) in [7, 11) is 4.39. The van der Waals surface area contributed by atoms with E-state index in [2.05, 4.69) is 70.3 Å². The maximum Gasteiger partial charge on any atom is 0.0423 e. The second-order valence-corrected chi connectivity index (χ2v) is 7.05. The van der Waals surface area contributed by atoms with Crippen LogP contribution in [0.15, 0.2) is 22.7 Å². The van der Waals surface area contributed by atoms with Gasteiger partial charge in [-0.25, -0.2) is 0 Å². The average Bonchev–Trinajstić information content (AvgIpc) is 2.49. The van der Waals surface area contributed by atoms with Crippen LogP contribution in [-0.2, 0) is 6.54 Å². The van der Waals surface area contributed by atoms with Crippen LogP contribution in [0.4, 0.5) is 5.69 Å². The molecule has 1 aliphatic rings. The van der Waals surface area contributed by atoms with E-state index < -0.39 is 0 Å². The van der Waals surface area contributed by atoms with Crippen molar-refractivity contribution in [1.82, 2.24) is 10.2 Å². The van der Waals surface area contributed by atoms with Crippen LogP contribution in [0, 0.1) is 0 Å². The molecule has 0 bridgehead atoms. The van der Waals surface area contributed by atoms with Crippen LogP contribution in [0.25, 0.3) is 0 Å². The van der Waals surface area contributed by atoms with Crippen LogP contribution < -0.4 is 10.2 Å². The summed E-state index contributed by atoms with van der Waals surface area (Å²) in [6, 6.07) is 7.41. The lowest BCUT2D eigenvalue weighted by Crippen LogP contribution is -2.42. The molecular formula is C17H28BrN3. The minimum Gasteiger partial charge on any atom is -0.371 e. The Morgan fingerprint density at radius 3 is 2.62 bits per heavy atom. The normalized spacial score (nSPS) is 16.7. The molecule has 1 saturated heterocycles. The van der Waals surface area contributed by atoms with Gasteiger partial charge in [0.05, 0.1) is 0 Å². The molecule has 1 N–H and O–H groups in total. The third-order valence-corrected chi connectivity index (χ3v) is 4.82. The minimum absolute atomic E-state index is 0.732. The Morgan fingerprint density at radius 2 is 2.00 bits per heavy atom. The molecule has 1 aromatic carbocycles. The molecule has 21 heavy (non-hydrogen) atoms. The van der Waals surface area contributed by atoms with E-state index in [0.717, 1.165) is 32.2 Å². The Hall–Kier alpha value is -0.580. The molecule has 1 heterocycles. The number of rotatable bonds is 6. The molecule has 0 spiro atoms. The fraction of sp³-hybridized carbons (Fsp3) is 0.647. The fourth-order valence-electron chi connectivity index (χ4n) is 3.00. The van der Waals surface area contributed by atoms with Gasteiger partial charge in [0.1, 0.15) is 0 Å². The zero-order chi connectivity index (χ0) is 15.2. The molecule has 2 rings (SSSR count). The summed E-state index contributed by atoms with van der Waals surface area (Å²) >= 11 is 3.62. The van der Waals surface area contributed by atoms with Gasteiger partial charge in [0.25, 0.3) is 0 Å². The number of hydrogen-bond donors (Lipinski definition) is 1. The smallest absolute Gasteiger partial charge is 0.0423 e. The lowest BCUT2D eigenvalue weighted by molar-refractivity contribution is 0.249. The first-order valence-electron chi connectivity index (χ1n) is 8.02. The Labute approximate surface area is 137 Å². The molecule has 1 aliphatic heterocycles. The highest BCUT2D eigenvalue weighted by Crippen LogP contribution is 2.28. The molecule has 4 heteroatoms. The van der Waals surface area contributed by atoms with E-state index in [9.17, 15) is 0 Å². The van der Waals surface area contributed by atoms with Crippen molar-refractivity contribution in [3.8, 4) is 0 Å². The molecule has 0 atom stereocenters. The average molecular weight is 354 g/mol. The van der Waals surface area contributed by atoms with Crippen LogP contribution >= 0.6 is 15.9 Å². The number of piperidine rings is 1. The van der Waals surface area contributed by atoms with Gasteiger partial charge in [0.15, 0.2) is 0 Å². The molecule has 0 aromatic heterocycles. The number of halogens is 1. The number of nitrogens with zero attached hydrogens (tertiary/aromatic N) is 2. The van der Waals surface area contributed by atoms with E-state index in [1.54, 1.807) is 0 Å². The predicted octanol–water partition coefficient (Wildman–Crippen LogP) is 3.48. The van der Waals surface area contributed by atoms with E-state index >= 15 is 0 Å². The van der Waals surface area contributed by atoms with Crippen LogP contribution in [0.3, 0.4) is 0 Å². The van der Waals surface area contributed by atoms with E-state index in [-0.39, 0.29) is 0 Å². The number of hydrogen-bond acceptors (Lipinski definition) is 3.